The van der Waals surface area contributed by atoms with E-state index in [9.17, 15) is 4.79 Å². The minimum absolute atomic E-state index is 0.0130. The lowest BCUT2D eigenvalue weighted by molar-refractivity contribution is -0.135. The summed E-state index contributed by atoms with van der Waals surface area (Å²) in [5, 5.41) is 0. The lowest BCUT2D eigenvalue weighted by Crippen LogP contribution is -2.41. The fourth-order valence-corrected chi connectivity index (χ4v) is 2.26. The molecule has 0 saturated carbocycles. The number of nitrogens with zero attached hydrogens (tertiary/aromatic N) is 2. The summed E-state index contributed by atoms with van der Waals surface area (Å²) in [5.74, 6) is 0.554. The van der Waals surface area contributed by atoms with Crippen molar-refractivity contribution in [3.8, 4) is 0 Å². The van der Waals surface area contributed by atoms with E-state index in [0.717, 1.165) is 19.5 Å². The number of likely N-dealkylation sites (tertiary alicyclic amines) is 1. The molecule has 1 fully saturated rings. The van der Waals surface area contributed by atoms with Crippen molar-refractivity contribution in [3.63, 3.8) is 0 Å². The third kappa shape index (κ3) is 2.95. The second-order valence-electron chi connectivity index (χ2n) is 5.28. The Labute approximate surface area is 98.8 Å². The van der Waals surface area contributed by atoms with Crippen LogP contribution < -0.4 is 5.73 Å². The molecule has 0 bridgehead atoms. The van der Waals surface area contributed by atoms with Crippen LogP contribution in [0.15, 0.2) is 0 Å². The summed E-state index contributed by atoms with van der Waals surface area (Å²) in [7, 11) is 4.14. The maximum absolute atomic E-state index is 12.2. The number of amides is 1. The molecule has 2 N–H and O–H groups in total. The van der Waals surface area contributed by atoms with Gasteiger partial charge in [0.15, 0.2) is 0 Å². The van der Waals surface area contributed by atoms with Crippen LogP contribution in [-0.4, -0.2) is 55.5 Å². The standard InChI is InChI=1S/C12H25N3O/c1-9(2)11(7-13)12(16)15-6-5-10(8-15)14(3)4/h9-11H,5-8,13H2,1-4H3. The number of hydrogen-bond acceptors (Lipinski definition) is 3. The van der Waals surface area contributed by atoms with Crippen LogP contribution in [0.4, 0.5) is 0 Å². The van der Waals surface area contributed by atoms with E-state index in [1.54, 1.807) is 0 Å². The van der Waals surface area contributed by atoms with Crippen LogP contribution in [0.25, 0.3) is 0 Å². The SMILES string of the molecule is CC(C)C(CN)C(=O)N1CCC(N(C)C)C1. The van der Waals surface area contributed by atoms with E-state index in [4.69, 9.17) is 5.73 Å². The van der Waals surface area contributed by atoms with E-state index in [-0.39, 0.29) is 11.8 Å². The first kappa shape index (κ1) is 13.5. The highest BCUT2D eigenvalue weighted by Gasteiger charge is 2.32. The molecule has 0 aromatic carbocycles. The summed E-state index contributed by atoms with van der Waals surface area (Å²) in [6.07, 6.45) is 1.08. The first-order chi connectivity index (χ1) is 7.47. The highest BCUT2D eigenvalue weighted by Crippen LogP contribution is 2.19. The average molecular weight is 227 g/mol. The minimum atomic E-state index is -0.0130. The molecule has 4 nitrogen and oxygen atoms in total. The van der Waals surface area contributed by atoms with Crippen molar-refractivity contribution in [2.75, 3.05) is 33.7 Å². The van der Waals surface area contributed by atoms with Gasteiger partial charge in [-0.1, -0.05) is 13.8 Å². The monoisotopic (exact) mass is 227 g/mol. The Morgan fingerprint density at radius 3 is 2.50 bits per heavy atom. The fourth-order valence-electron chi connectivity index (χ4n) is 2.26. The number of carbonyl (C=O) groups is 1. The topological polar surface area (TPSA) is 49.6 Å². The van der Waals surface area contributed by atoms with Crippen molar-refractivity contribution in [3.05, 3.63) is 0 Å². The van der Waals surface area contributed by atoms with Gasteiger partial charge in [-0.25, -0.2) is 0 Å². The lowest BCUT2D eigenvalue weighted by atomic mass is 9.94. The molecule has 0 aromatic rings. The zero-order valence-corrected chi connectivity index (χ0v) is 10.9. The Hall–Kier alpha value is -0.610. The van der Waals surface area contributed by atoms with Gasteiger partial charge in [0.2, 0.25) is 5.91 Å². The van der Waals surface area contributed by atoms with Gasteiger partial charge in [-0.2, -0.15) is 0 Å². The zero-order chi connectivity index (χ0) is 12.3. The molecule has 1 rings (SSSR count). The summed E-state index contributed by atoms with van der Waals surface area (Å²) in [5.41, 5.74) is 5.68. The Kier molecular flexibility index (Phi) is 4.74. The van der Waals surface area contributed by atoms with Crippen molar-refractivity contribution in [2.24, 2.45) is 17.6 Å². The van der Waals surface area contributed by atoms with Crippen molar-refractivity contribution in [1.82, 2.24) is 9.80 Å². The number of rotatable bonds is 4. The third-order valence-electron chi connectivity index (χ3n) is 3.58. The second-order valence-corrected chi connectivity index (χ2v) is 5.28. The molecule has 1 saturated heterocycles. The lowest BCUT2D eigenvalue weighted by Gasteiger charge is -2.26. The summed E-state index contributed by atoms with van der Waals surface area (Å²) in [6, 6.07) is 0.509. The Morgan fingerprint density at radius 2 is 2.12 bits per heavy atom. The molecular formula is C12H25N3O. The summed E-state index contributed by atoms with van der Waals surface area (Å²) in [6.45, 7) is 6.32. The van der Waals surface area contributed by atoms with Crippen LogP contribution in [0.5, 0.6) is 0 Å². The molecule has 1 amide bonds. The van der Waals surface area contributed by atoms with E-state index in [1.807, 2.05) is 4.90 Å². The van der Waals surface area contributed by atoms with Gasteiger partial charge in [0.05, 0.1) is 5.92 Å². The zero-order valence-electron chi connectivity index (χ0n) is 10.9. The van der Waals surface area contributed by atoms with Crippen LogP contribution in [-0.2, 0) is 4.79 Å². The number of carbonyl (C=O) groups excluding carboxylic acids is 1. The molecule has 2 atom stereocenters. The van der Waals surface area contributed by atoms with Gasteiger partial charge in [-0.3, -0.25) is 4.79 Å². The van der Waals surface area contributed by atoms with Crippen molar-refractivity contribution in [1.29, 1.82) is 0 Å². The maximum atomic E-state index is 12.2. The van der Waals surface area contributed by atoms with Crippen molar-refractivity contribution < 1.29 is 4.79 Å². The first-order valence-corrected chi connectivity index (χ1v) is 6.12. The van der Waals surface area contributed by atoms with Crippen LogP contribution in [0, 0.1) is 11.8 Å². The highest BCUT2D eigenvalue weighted by atomic mass is 16.2. The fraction of sp³-hybridized carbons (Fsp3) is 0.917. The van der Waals surface area contributed by atoms with E-state index in [0.29, 0.717) is 18.5 Å². The van der Waals surface area contributed by atoms with Gasteiger partial charge < -0.3 is 15.5 Å². The minimum Gasteiger partial charge on any atom is -0.341 e. The quantitative estimate of drug-likeness (QED) is 0.755. The second kappa shape index (κ2) is 5.64. The van der Waals surface area contributed by atoms with E-state index >= 15 is 0 Å². The molecule has 1 aliphatic rings. The molecule has 0 radical (unpaired) electrons. The summed E-state index contributed by atoms with van der Waals surface area (Å²) in [4.78, 5) is 16.4. The van der Waals surface area contributed by atoms with Crippen LogP contribution in [0.1, 0.15) is 20.3 Å². The van der Waals surface area contributed by atoms with Crippen molar-refractivity contribution in [2.45, 2.75) is 26.3 Å². The van der Waals surface area contributed by atoms with Gasteiger partial charge in [0.25, 0.3) is 0 Å². The Balaban J connectivity index is 2.56. The molecule has 1 aliphatic heterocycles. The number of hydrogen-bond donors (Lipinski definition) is 1. The predicted molar refractivity (Wildman–Crippen MR) is 66.1 cm³/mol. The van der Waals surface area contributed by atoms with Crippen LogP contribution in [0.2, 0.25) is 0 Å². The van der Waals surface area contributed by atoms with Gasteiger partial charge in [-0.05, 0) is 26.4 Å². The van der Waals surface area contributed by atoms with E-state index in [1.165, 1.54) is 0 Å². The number of nitrogens with two attached hydrogens (primary N) is 1. The largest absolute Gasteiger partial charge is 0.341 e. The summed E-state index contributed by atoms with van der Waals surface area (Å²) < 4.78 is 0. The van der Waals surface area contributed by atoms with E-state index in [2.05, 4.69) is 32.8 Å². The molecule has 2 unspecified atom stereocenters. The maximum Gasteiger partial charge on any atom is 0.227 e. The third-order valence-corrected chi connectivity index (χ3v) is 3.58. The highest BCUT2D eigenvalue weighted by molar-refractivity contribution is 5.79. The Morgan fingerprint density at radius 1 is 1.50 bits per heavy atom. The first-order valence-electron chi connectivity index (χ1n) is 6.12. The van der Waals surface area contributed by atoms with Crippen molar-refractivity contribution >= 4 is 5.91 Å². The molecule has 94 valence electrons. The normalized spacial score (nSPS) is 23.2. The molecule has 0 aliphatic carbocycles. The van der Waals surface area contributed by atoms with E-state index < -0.39 is 0 Å². The van der Waals surface area contributed by atoms with Crippen LogP contribution >= 0.6 is 0 Å². The van der Waals surface area contributed by atoms with Gasteiger partial charge in [0.1, 0.15) is 0 Å². The molecule has 0 spiro atoms. The summed E-state index contributed by atoms with van der Waals surface area (Å²) >= 11 is 0. The van der Waals surface area contributed by atoms with Gasteiger partial charge in [0, 0.05) is 25.7 Å². The smallest absolute Gasteiger partial charge is 0.227 e. The predicted octanol–water partition coefficient (Wildman–Crippen LogP) is 0.380. The molecule has 1 heterocycles. The molecule has 4 heteroatoms. The number of likely N-dealkylation sites (N-methyl/N-ethyl adjacent to an activating group) is 1. The molecular weight excluding hydrogens is 202 g/mol. The average Bonchev–Trinajstić information content (AvgIpc) is 2.66. The molecule has 16 heavy (non-hydrogen) atoms. The van der Waals surface area contributed by atoms with Gasteiger partial charge >= 0.3 is 0 Å². The molecule has 0 aromatic heterocycles. The van der Waals surface area contributed by atoms with Crippen LogP contribution in [0.3, 0.4) is 0 Å². The van der Waals surface area contributed by atoms with Gasteiger partial charge in [-0.15, -0.1) is 0 Å². The Bertz CT molecular complexity index is 240.